The van der Waals surface area contributed by atoms with Crippen molar-refractivity contribution in [1.29, 1.82) is 0 Å². The molecule has 0 aliphatic heterocycles. The third kappa shape index (κ3) is 4.31. The van der Waals surface area contributed by atoms with Crippen LogP contribution >= 0.6 is 0 Å². The standard InChI is InChI=1S/C19H24N4/c1-20-19(23-17-9-2-3-10-17)22-14-15-7-6-8-16(13-15)18-11-4-5-12-21-18/h4-8,11-13,17H,2-3,9-10,14H2,1H3,(H2,20,22,23). The van der Waals surface area contributed by atoms with Gasteiger partial charge in [0.1, 0.15) is 0 Å². The maximum absolute atomic E-state index is 4.41. The van der Waals surface area contributed by atoms with Crippen molar-refractivity contribution in [1.82, 2.24) is 15.6 Å². The highest BCUT2D eigenvalue weighted by Gasteiger charge is 2.15. The van der Waals surface area contributed by atoms with E-state index in [-0.39, 0.29) is 0 Å². The molecule has 1 fully saturated rings. The van der Waals surface area contributed by atoms with Crippen LogP contribution in [0, 0.1) is 0 Å². The average molecular weight is 308 g/mol. The Morgan fingerprint density at radius 1 is 1.17 bits per heavy atom. The van der Waals surface area contributed by atoms with Crippen molar-refractivity contribution in [3.05, 3.63) is 54.2 Å². The number of nitrogens with zero attached hydrogens (tertiary/aromatic N) is 2. The predicted octanol–water partition coefficient (Wildman–Crippen LogP) is 3.36. The normalized spacial score (nSPS) is 15.6. The first-order valence-corrected chi connectivity index (χ1v) is 8.32. The smallest absolute Gasteiger partial charge is 0.191 e. The van der Waals surface area contributed by atoms with Gasteiger partial charge in [-0.1, -0.05) is 37.1 Å². The Bertz CT molecular complexity index is 645. The minimum absolute atomic E-state index is 0.570. The van der Waals surface area contributed by atoms with Crippen molar-refractivity contribution in [3.8, 4) is 11.3 Å². The van der Waals surface area contributed by atoms with Crippen molar-refractivity contribution in [2.45, 2.75) is 38.3 Å². The average Bonchev–Trinajstić information content (AvgIpc) is 3.13. The summed E-state index contributed by atoms with van der Waals surface area (Å²) in [7, 11) is 1.83. The van der Waals surface area contributed by atoms with Crippen LogP contribution in [0.4, 0.5) is 0 Å². The van der Waals surface area contributed by atoms with Crippen molar-refractivity contribution in [3.63, 3.8) is 0 Å². The molecule has 23 heavy (non-hydrogen) atoms. The highest BCUT2D eigenvalue weighted by Crippen LogP contribution is 2.18. The summed E-state index contributed by atoms with van der Waals surface area (Å²) in [6, 6.07) is 15.0. The van der Waals surface area contributed by atoms with Gasteiger partial charge in [-0.25, -0.2) is 0 Å². The van der Waals surface area contributed by atoms with Gasteiger partial charge < -0.3 is 10.6 Å². The molecule has 4 nitrogen and oxygen atoms in total. The molecule has 1 aliphatic carbocycles. The Labute approximate surface area is 138 Å². The van der Waals surface area contributed by atoms with E-state index in [0.717, 1.165) is 23.8 Å². The molecule has 0 radical (unpaired) electrons. The van der Waals surface area contributed by atoms with E-state index >= 15 is 0 Å². The second-order valence-corrected chi connectivity index (χ2v) is 5.97. The largest absolute Gasteiger partial charge is 0.354 e. The number of nitrogens with one attached hydrogen (secondary N) is 2. The Hall–Kier alpha value is -2.36. The minimum atomic E-state index is 0.570. The van der Waals surface area contributed by atoms with E-state index < -0.39 is 0 Å². The lowest BCUT2D eigenvalue weighted by molar-refractivity contribution is 0.613. The van der Waals surface area contributed by atoms with E-state index in [2.05, 4.69) is 44.9 Å². The molecule has 1 saturated carbocycles. The van der Waals surface area contributed by atoms with Crippen LogP contribution in [0.15, 0.2) is 53.7 Å². The molecule has 1 aromatic carbocycles. The summed E-state index contributed by atoms with van der Waals surface area (Å²) in [5, 5.41) is 6.92. The van der Waals surface area contributed by atoms with Crippen LogP contribution in [0.25, 0.3) is 11.3 Å². The van der Waals surface area contributed by atoms with E-state index in [0.29, 0.717) is 6.04 Å². The van der Waals surface area contributed by atoms with Gasteiger partial charge in [-0.05, 0) is 36.6 Å². The number of aliphatic imine (C=N–C) groups is 1. The van der Waals surface area contributed by atoms with Crippen LogP contribution in [0.2, 0.25) is 0 Å². The second kappa shape index (κ2) is 7.77. The molecule has 1 aromatic heterocycles. The molecule has 2 aromatic rings. The third-order valence-corrected chi connectivity index (χ3v) is 4.27. The fraction of sp³-hybridized carbons (Fsp3) is 0.368. The van der Waals surface area contributed by atoms with Crippen molar-refractivity contribution in [2.75, 3.05) is 7.05 Å². The molecule has 0 saturated heterocycles. The zero-order valence-electron chi connectivity index (χ0n) is 13.6. The zero-order valence-corrected chi connectivity index (χ0v) is 13.6. The highest BCUT2D eigenvalue weighted by molar-refractivity contribution is 5.80. The first kappa shape index (κ1) is 15.5. The molecule has 0 atom stereocenters. The molecule has 2 N–H and O–H groups in total. The van der Waals surface area contributed by atoms with E-state index in [4.69, 9.17) is 0 Å². The van der Waals surface area contributed by atoms with E-state index in [9.17, 15) is 0 Å². The molecule has 120 valence electrons. The molecule has 1 heterocycles. The van der Waals surface area contributed by atoms with E-state index in [1.165, 1.54) is 31.2 Å². The molecule has 1 aliphatic rings. The van der Waals surface area contributed by atoms with Gasteiger partial charge in [0.15, 0.2) is 5.96 Å². The number of hydrogen-bond acceptors (Lipinski definition) is 2. The molecule has 0 amide bonds. The SMILES string of the molecule is CN=C(NCc1cccc(-c2ccccn2)c1)NC1CCCC1. The number of aromatic nitrogens is 1. The summed E-state index contributed by atoms with van der Waals surface area (Å²) in [4.78, 5) is 8.74. The molecule has 4 heteroatoms. The zero-order chi connectivity index (χ0) is 15.9. The van der Waals surface area contributed by atoms with Crippen LogP contribution in [0.3, 0.4) is 0 Å². The lowest BCUT2D eigenvalue weighted by Gasteiger charge is -2.17. The lowest BCUT2D eigenvalue weighted by atomic mass is 10.1. The molecule has 3 rings (SSSR count). The Morgan fingerprint density at radius 2 is 2.04 bits per heavy atom. The van der Waals surface area contributed by atoms with Crippen LogP contribution in [-0.2, 0) is 6.54 Å². The minimum Gasteiger partial charge on any atom is -0.354 e. The van der Waals surface area contributed by atoms with Crippen LogP contribution in [-0.4, -0.2) is 24.0 Å². The lowest BCUT2D eigenvalue weighted by Crippen LogP contribution is -2.41. The molecule has 0 bridgehead atoms. The van der Waals surface area contributed by atoms with Crippen LogP contribution in [0.5, 0.6) is 0 Å². The van der Waals surface area contributed by atoms with Gasteiger partial charge in [-0.15, -0.1) is 0 Å². The summed E-state index contributed by atoms with van der Waals surface area (Å²) in [6.07, 6.45) is 6.96. The fourth-order valence-corrected chi connectivity index (χ4v) is 3.02. The first-order valence-electron chi connectivity index (χ1n) is 8.32. The molecular formula is C19H24N4. The fourth-order valence-electron chi connectivity index (χ4n) is 3.02. The molecule has 0 spiro atoms. The quantitative estimate of drug-likeness (QED) is 0.672. The van der Waals surface area contributed by atoms with Crippen molar-refractivity contribution >= 4 is 5.96 Å². The number of guanidine groups is 1. The van der Waals surface area contributed by atoms with Gasteiger partial charge in [0, 0.05) is 31.4 Å². The highest BCUT2D eigenvalue weighted by atomic mass is 15.2. The monoisotopic (exact) mass is 308 g/mol. The Balaban J connectivity index is 1.61. The number of hydrogen-bond donors (Lipinski definition) is 2. The summed E-state index contributed by atoms with van der Waals surface area (Å²) < 4.78 is 0. The van der Waals surface area contributed by atoms with Gasteiger partial charge in [-0.2, -0.15) is 0 Å². The maximum atomic E-state index is 4.41. The number of rotatable bonds is 4. The topological polar surface area (TPSA) is 49.3 Å². The van der Waals surface area contributed by atoms with Gasteiger partial charge >= 0.3 is 0 Å². The van der Waals surface area contributed by atoms with E-state index in [1.807, 2.05) is 31.4 Å². The van der Waals surface area contributed by atoms with Gasteiger partial charge in [-0.3, -0.25) is 9.98 Å². The Kier molecular flexibility index (Phi) is 5.25. The predicted molar refractivity (Wildman–Crippen MR) is 95.3 cm³/mol. The summed E-state index contributed by atoms with van der Waals surface area (Å²) in [6.45, 7) is 0.757. The second-order valence-electron chi connectivity index (χ2n) is 5.97. The Morgan fingerprint density at radius 3 is 2.78 bits per heavy atom. The molecule has 0 unspecified atom stereocenters. The van der Waals surface area contributed by atoms with Crippen LogP contribution < -0.4 is 10.6 Å². The summed E-state index contributed by atoms with van der Waals surface area (Å²) in [5.41, 5.74) is 3.37. The van der Waals surface area contributed by atoms with Crippen molar-refractivity contribution < 1.29 is 0 Å². The maximum Gasteiger partial charge on any atom is 0.191 e. The van der Waals surface area contributed by atoms with E-state index in [1.54, 1.807) is 0 Å². The van der Waals surface area contributed by atoms with Gasteiger partial charge in [0.25, 0.3) is 0 Å². The number of pyridine rings is 1. The summed E-state index contributed by atoms with van der Waals surface area (Å²) in [5.74, 6) is 0.889. The van der Waals surface area contributed by atoms with Crippen molar-refractivity contribution in [2.24, 2.45) is 4.99 Å². The molecular weight excluding hydrogens is 284 g/mol. The van der Waals surface area contributed by atoms with Crippen LogP contribution in [0.1, 0.15) is 31.2 Å². The van der Waals surface area contributed by atoms with Gasteiger partial charge in [0.2, 0.25) is 0 Å². The first-order chi connectivity index (χ1) is 11.3. The third-order valence-electron chi connectivity index (χ3n) is 4.27. The summed E-state index contributed by atoms with van der Waals surface area (Å²) >= 11 is 0. The number of benzene rings is 1. The van der Waals surface area contributed by atoms with Gasteiger partial charge in [0.05, 0.1) is 5.69 Å².